The number of esters is 4. The molecule has 3 N–H and O–H groups in total. The molecule has 0 radical (unpaired) electrons. The Hall–Kier alpha value is -1.94. The van der Waals surface area contributed by atoms with Gasteiger partial charge in [-0.25, -0.2) is 9.13 Å². The van der Waals surface area contributed by atoms with Crippen LogP contribution in [0.5, 0.6) is 0 Å². The van der Waals surface area contributed by atoms with E-state index in [1.165, 1.54) is 83.5 Å². The largest absolute Gasteiger partial charge is 0.472 e. The predicted molar refractivity (Wildman–Crippen MR) is 294 cm³/mol. The smallest absolute Gasteiger partial charge is 0.462 e. The number of aliphatic hydroxyl groups excluding tert-OH is 1. The maximum Gasteiger partial charge on any atom is 0.472 e. The highest BCUT2D eigenvalue weighted by molar-refractivity contribution is 7.47. The number of phosphoric ester groups is 2. The van der Waals surface area contributed by atoms with Gasteiger partial charge in [0.15, 0.2) is 12.2 Å². The van der Waals surface area contributed by atoms with Crippen LogP contribution in [0, 0.1) is 5.92 Å². The molecule has 0 aliphatic carbocycles. The zero-order valence-electron chi connectivity index (χ0n) is 47.7. The molecular formula is C56H108O17P2. The quantitative estimate of drug-likeness (QED) is 0.0222. The van der Waals surface area contributed by atoms with E-state index in [1.807, 2.05) is 0 Å². The van der Waals surface area contributed by atoms with Gasteiger partial charge in [0.05, 0.1) is 26.4 Å². The van der Waals surface area contributed by atoms with Crippen LogP contribution in [-0.2, 0) is 65.4 Å². The van der Waals surface area contributed by atoms with Gasteiger partial charge in [-0.1, -0.05) is 221 Å². The fraction of sp³-hybridized carbons (Fsp3) is 0.929. The maximum absolute atomic E-state index is 12.9. The maximum atomic E-state index is 12.9. The van der Waals surface area contributed by atoms with E-state index < -0.39 is 97.5 Å². The monoisotopic (exact) mass is 1110 g/mol. The molecule has 0 saturated heterocycles. The summed E-state index contributed by atoms with van der Waals surface area (Å²) in [7, 11) is -9.86. The molecule has 0 rings (SSSR count). The molecule has 0 aromatic rings. The van der Waals surface area contributed by atoms with Crippen molar-refractivity contribution in [2.45, 2.75) is 291 Å². The van der Waals surface area contributed by atoms with Gasteiger partial charge in [0.25, 0.3) is 0 Å². The van der Waals surface area contributed by atoms with E-state index in [9.17, 15) is 43.2 Å². The van der Waals surface area contributed by atoms with Crippen molar-refractivity contribution in [3.05, 3.63) is 0 Å². The number of hydrogen-bond donors (Lipinski definition) is 3. The number of unbranched alkanes of at least 4 members (excludes halogenated alkanes) is 28. The Labute approximate surface area is 454 Å². The molecule has 0 aliphatic heterocycles. The van der Waals surface area contributed by atoms with Crippen molar-refractivity contribution < 1.29 is 80.2 Å². The first-order valence-electron chi connectivity index (χ1n) is 29.6. The summed E-state index contributed by atoms with van der Waals surface area (Å²) in [6, 6.07) is 0. The average Bonchev–Trinajstić information content (AvgIpc) is 3.37. The van der Waals surface area contributed by atoms with Crippen LogP contribution >= 0.6 is 15.6 Å². The van der Waals surface area contributed by atoms with Crippen LogP contribution in [0.15, 0.2) is 0 Å². The molecule has 0 fully saturated rings. The predicted octanol–water partition coefficient (Wildman–Crippen LogP) is 14.7. The van der Waals surface area contributed by atoms with Gasteiger partial charge in [0, 0.05) is 25.7 Å². The van der Waals surface area contributed by atoms with E-state index in [0.29, 0.717) is 31.6 Å². The van der Waals surface area contributed by atoms with E-state index in [1.54, 1.807) is 0 Å². The molecular weight excluding hydrogens is 1010 g/mol. The van der Waals surface area contributed by atoms with Crippen molar-refractivity contribution in [2.24, 2.45) is 5.92 Å². The van der Waals surface area contributed by atoms with E-state index >= 15 is 0 Å². The third kappa shape index (κ3) is 51.3. The van der Waals surface area contributed by atoms with Gasteiger partial charge in [-0.2, -0.15) is 0 Å². The molecule has 0 amide bonds. The summed E-state index contributed by atoms with van der Waals surface area (Å²) >= 11 is 0. The number of rotatable bonds is 56. The Balaban J connectivity index is 5.21. The lowest BCUT2D eigenvalue weighted by Crippen LogP contribution is -2.30. The van der Waals surface area contributed by atoms with Crippen LogP contribution in [0.1, 0.15) is 272 Å². The van der Waals surface area contributed by atoms with Crippen LogP contribution < -0.4 is 0 Å². The number of hydrogen-bond acceptors (Lipinski definition) is 15. The number of carbonyl (C=O) groups excluding carboxylic acids is 4. The molecule has 0 heterocycles. The number of ether oxygens (including phenoxy) is 4. The second-order valence-corrected chi connectivity index (χ2v) is 23.7. The zero-order chi connectivity index (χ0) is 55.7. The fourth-order valence-corrected chi connectivity index (χ4v) is 9.75. The van der Waals surface area contributed by atoms with Crippen molar-refractivity contribution in [3.63, 3.8) is 0 Å². The summed E-state index contributed by atoms with van der Waals surface area (Å²) in [4.78, 5) is 71.6. The van der Waals surface area contributed by atoms with Crippen LogP contribution in [-0.4, -0.2) is 96.7 Å². The summed E-state index contributed by atoms with van der Waals surface area (Å²) in [5.41, 5.74) is 0. The van der Waals surface area contributed by atoms with Crippen molar-refractivity contribution in [1.29, 1.82) is 0 Å². The van der Waals surface area contributed by atoms with Gasteiger partial charge >= 0.3 is 39.5 Å². The summed E-state index contributed by atoms with van der Waals surface area (Å²) in [5, 5.41) is 10.5. The van der Waals surface area contributed by atoms with Crippen molar-refractivity contribution in [3.8, 4) is 0 Å². The molecule has 75 heavy (non-hydrogen) atoms. The Morgan fingerprint density at radius 2 is 0.613 bits per heavy atom. The highest BCUT2D eigenvalue weighted by atomic mass is 31.2. The average molecular weight is 1120 g/mol. The minimum atomic E-state index is -4.93. The summed E-state index contributed by atoms with van der Waals surface area (Å²) in [5.74, 6) is -1.46. The minimum absolute atomic E-state index is 0.103. The third-order valence-corrected chi connectivity index (χ3v) is 14.7. The minimum Gasteiger partial charge on any atom is -0.462 e. The van der Waals surface area contributed by atoms with E-state index in [4.69, 9.17) is 37.0 Å². The molecule has 444 valence electrons. The second kappa shape index (κ2) is 50.3. The summed E-state index contributed by atoms with van der Waals surface area (Å²) < 4.78 is 67.5. The molecule has 0 saturated carbocycles. The first-order valence-corrected chi connectivity index (χ1v) is 32.6. The molecule has 2 unspecified atom stereocenters. The van der Waals surface area contributed by atoms with Crippen LogP contribution in [0.4, 0.5) is 0 Å². The molecule has 0 aliphatic rings. The van der Waals surface area contributed by atoms with Gasteiger partial charge < -0.3 is 33.8 Å². The Kier molecular flexibility index (Phi) is 49.0. The van der Waals surface area contributed by atoms with E-state index in [0.717, 1.165) is 103 Å². The molecule has 17 nitrogen and oxygen atoms in total. The van der Waals surface area contributed by atoms with Crippen LogP contribution in [0.2, 0.25) is 0 Å². The number of aliphatic hydroxyl groups is 1. The molecule has 0 aromatic carbocycles. The zero-order valence-corrected chi connectivity index (χ0v) is 49.5. The molecule has 0 bridgehead atoms. The van der Waals surface area contributed by atoms with Crippen LogP contribution in [0.25, 0.3) is 0 Å². The Morgan fingerprint density at radius 3 is 0.907 bits per heavy atom. The SMILES string of the molecule is CCCCCCCCCCCC(=O)OC[C@H](COP(=O)(O)OC[C@@H](O)COP(=O)(O)OC[C@@H](COC(=O)CCCCCCCCC)OC(=O)CCCCCCCCCCC)OC(=O)CCCCCCCCCC(C)C. The Bertz CT molecular complexity index is 1480. The lowest BCUT2D eigenvalue weighted by Gasteiger charge is -2.21. The molecule has 19 heteroatoms. The highest BCUT2D eigenvalue weighted by Crippen LogP contribution is 2.45. The topological polar surface area (TPSA) is 237 Å². The molecule has 0 spiro atoms. The van der Waals surface area contributed by atoms with E-state index in [-0.39, 0.29) is 25.7 Å². The molecule has 5 atom stereocenters. The van der Waals surface area contributed by atoms with Crippen molar-refractivity contribution >= 4 is 39.5 Å². The second-order valence-electron chi connectivity index (χ2n) is 20.8. The van der Waals surface area contributed by atoms with Crippen molar-refractivity contribution in [1.82, 2.24) is 0 Å². The number of carbonyl (C=O) groups is 4. The van der Waals surface area contributed by atoms with E-state index in [2.05, 4.69) is 34.6 Å². The summed E-state index contributed by atoms with van der Waals surface area (Å²) in [6.45, 7) is 6.99. The normalized spacial score (nSPS) is 14.5. The summed E-state index contributed by atoms with van der Waals surface area (Å²) in [6.07, 6.45) is 30.9. The van der Waals surface area contributed by atoms with Gasteiger partial charge in [0.1, 0.15) is 19.3 Å². The van der Waals surface area contributed by atoms with Crippen molar-refractivity contribution in [2.75, 3.05) is 39.6 Å². The number of phosphoric acid groups is 2. The fourth-order valence-electron chi connectivity index (χ4n) is 8.17. The third-order valence-electron chi connectivity index (χ3n) is 12.8. The van der Waals surface area contributed by atoms with Gasteiger partial charge in [0.2, 0.25) is 0 Å². The lowest BCUT2D eigenvalue weighted by atomic mass is 10.0. The van der Waals surface area contributed by atoms with Gasteiger partial charge in [-0.3, -0.25) is 37.3 Å². The van der Waals surface area contributed by atoms with Gasteiger partial charge in [-0.15, -0.1) is 0 Å². The Morgan fingerprint density at radius 1 is 0.360 bits per heavy atom. The molecule has 0 aromatic heterocycles. The lowest BCUT2D eigenvalue weighted by molar-refractivity contribution is -0.161. The first-order chi connectivity index (χ1) is 36.0. The highest BCUT2D eigenvalue weighted by Gasteiger charge is 2.30. The van der Waals surface area contributed by atoms with Crippen LogP contribution in [0.3, 0.4) is 0 Å². The standard InChI is InChI=1S/C56H108O17P2/c1-6-9-12-15-18-20-25-30-35-40-54(59)67-46-52(73-56(61)42-37-32-27-22-24-28-33-38-49(4)5)48-71-75(64,65)69-44-50(57)43-68-74(62,63)70-47-51(45-66-53(58)39-34-29-23-17-14-11-8-3)72-55(60)41-36-31-26-21-19-16-13-10-7-2/h49-52,57H,6-48H2,1-5H3,(H,62,63)(H,64,65)/t50-,51+,52+/m0/s1. The first kappa shape index (κ1) is 73.1. The van der Waals surface area contributed by atoms with Gasteiger partial charge in [-0.05, 0) is 31.6 Å².